The summed E-state index contributed by atoms with van der Waals surface area (Å²) in [5.41, 5.74) is 2.49. The first-order valence-electron chi connectivity index (χ1n) is 5.82. The number of benzene rings is 1. The number of hydrogen-bond donors (Lipinski definition) is 2. The predicted molar refractivity (Wildman–Crippen MR) is 64.1 cm³/mol. The lowest BCUT2D eigenvalue weighted by Gasteiger charge is -2.22. The van der Waals surface area contributed by atoms with Crippen molar-refractivity contribution in [3.8, 4) is 0 Å². The summed E-state index contributed by atoms with van der Waals surface area (Å²) < 4.78 is 0. The highest BCUT2D eigenvalue weighted by Crippen LogP contribution is 2.06. The van der Waals surface area contributed by atoms with Crippen LogP contribution in [-0.2, 0) is 11.3 Å². The van der Waals surface area contributed by atoms with Crippen molar-refractivity contribution in [1.29, 1.82) is 0 Å². The van der Waals surface area contributed by atoms with Crippen LogP contribution in [0.1, 0.15) is 24.0 Å². The second-order valence-electron chi connectivity index (χ2n) is 4.35. The molecule has 0 aromatic heterocycles. The van der Waals surface area contributed by atoms with E-state index in [4.69, 9.17) is 0 Å². The van der Waals surface area contributed by atoms with Crippen LogP contribution < -0.4 is 10.6 Å². The molecule has 3 heteroatoms. The Labute approximate surface area is 96.2 Å². The summed E-state index contributed by atoms with van der Waals surface area (Å²) in [6, 6.07) is 8.37. The molecular formula is C13H18N2O. The molecule has 1 aliphatic heterocycles. The summed E-state index contributed by atoms with van der Waals surface area (Å²) in [6.07, 6.45) is 2.01. The van der Waals surface area contributed by atoms with Crippen molar-refractivity contribution in [2.24, 2.45) is 0 Å². The van der Waals surface area contributed by atoms with Gasteiger partial charge in [0.25, 0.3) is 0 Å². The van der Waals surface area contributed by atoms with Crippen molar-refractivity contribution in [2.75, 3.05) is 6.54 Å². The summed E-state index contributed by atoms with van der Waals surface area (Å²) in [5.74, 6) is 0.137. The molecule has 1 saturated heterocycles. The summed E-state index contributed by atoms with van der Waals surface area (Å²) in [5, 5.41) is 6.17. The van der Waals surface area contributed by atoms with Gasteiger partial charge in [-0.25, -0.2) is 0 Å². The van der Waals surface area contributed by atoms with E-state index in [1.54, 1.807) is 0 Å². The Bertz CT molecular complexity index is 359. The molecule has 1 unspecified atom stereocenters. The maximum atomic E-state index is 11.5. The van der Waals surface area contributed by atoms with Crippen LogP contribution in [-0.4, -0.2) is 18.5 Å². The molecule has 3 nitrogen and oxygen atoms in total. The van der Waals surface area contributed by atoms with E-state index in [0.717, 1.165) is 25.9 Å². The predicted octanol–water partition coefficient (Wildman–Crippen LogP) is 1.36. The zero-order valence-electron chi connectivity index (χ0n) is 9.62. The van der Waals surface area contributed by atoms with E-state index in [-0.39, 0.29) is 11.9 Å². The van der Waals surface area contributed by atoms with E-state index in [9.17, 15) is 4.79 Å². The Morgan fingerprint density at radius 1 is 1.38 bits per heavy atom. The van der Waals surface area contributed by atoms with E-state index < -0.39 is 0 Å². The van der Waals surface area contributed by atoms with Gasteiger partial charge in [-0.3, -0.25) is 4.79 Å². The van der Waals surface area contributed by atoms with Gasteiger partial charge in [0.05, 0.1) is 6.04 Å². The maximum absolute atomic E-state index is 11.5. The minimum absolute atomic E-state index is 0.0185. The van der Waals surface area contributed by atoms with Crippen molar-refractivity contribution in [3.63, 3.8) is 0 Å². The number of aryl methyl sites for hydroxylation is 1. The Morgan fingerprint density at radius 2 is 2.12 bits per heavy atom. The van der Waals surface area contributed by atoms with Gasteiger partial charge in [-0.15, -0.1) is 0 Å². The van der Waals surface area contributed by atoms with Gasteiger partial charge in [-0.2, -0.15) is 0 Å². The lowest BCUT2D eigenvalue weighted by molar-refractivity contribution is -0.124. The van der Waals surface area contributed by atoms with Crippen LogP contribution in [0.25, 0.3) is 0 Å². The topological polar surface area (TPSA) is 41.1 Å². The molecule has 0 aliphatic carbocycles. The number of hydrogen-bond acceptors (Lipinski definition) is 2. The van der Waals surface area contributed by atoms with Crippen molar-refractivity contribution < 1.29 is 4.79 Å². The van der Waals surface area contributed by atoms with E-state index >= 15 is 0 Å². The van der Waals surface area contributed by atoms with Gasteiger partial charge in [0, 0.05) is 13.1 Å². The third-order valence-electron chi connectivity index (χ3n) is 2.96. The lowest BCUT2D eigenvalue weighted by Crippen LogP contribution is -2.47. The molecule has 0 radical (unpaired) electrons. The smallest absolute Gasteiger partial charge is 0.237 e. The van der Waals surface area contributed by atoms with Crippen molar-refractivity contribution in [3.05, 3.63) is 35.4 Å². The Kier molecular flexibility index (Phi) is 3.57. The van der Waals surface area contributed by atoms with Crippen LogP contribution in [0.4, 0.5) is 0 Å². The molecule has 1 aromatic rings. The van der Waals surface area contributed by atoms with Gasteiger partial charge in [0.1, 0.15) is 0 Å². The maximum Gasteiger partial charge on any atom is 0.237 e. The molecular weight excluding hydrogens is 200 g/mol. The second kappa shape index (κ2) is 5.12. The molecule has 86 valence electrons. The highest BCUT2D eigenvalue weighted by atomic mass is 16.2. The Morgan fingerprint density at radius 3 is 2.81 bits per heavy atom. The number of nitrogens with one attached hydrogen (secondary N) is 2. The van der Waals surface area contributed by atoms with Crippen molar-refractivity contribution in [1.82, 2.24) is 10.6 Å². The first-order valence-corrected chi connectivity index (χ1v) is 5.82. The Hall–Kier alpha value is -1.35. The third-order valence-corrected chi connectivity index (χ3v) is 2.96. The number of carbonyl (C=O) groups excluding carboxylic acids is 1. The van der Waals surface area contributed by atoms with Gasteiger partial charge in [0.15, 0.2) is 0 Å². The summed E-state index contributed by atoms with van der Waals surface area (Å²) in [7, 11) is 0. The number of piperidine rings is 1. The monoisotopic (exact) mass is 218 g/mol. The fourth-order valence-corrected chi connectivity index (χ4v) is 1.91. The highest BCUT2D eigenvalue weighted by Gasteiger charge is 2.20. The quantitative estimate of drug-likeness (QED) is 0.804. The van der Waals surface area contributed by atoms with E-state index in [2.05, 4.69) is 41.8 Å². The van der Waals surface area contributed by atoms with E-state index in [1.807, 2.05) is 0 Å². The van der Waals surface area contributed by atoms with Crippen LogP contribution in [0.2, 0.25) is 0 Å². The zero-order valence-corrected chi connectivity index (χ0v) is 9.62. The molecule has 1 amide bonds. The average molecular weight is 218 g/mol. The minimum atomic E-state index is -0.0185. The molecule has 0 spiro atoms. The summed E-state index contributed by atoms with van der Waals surface area (Å²) in [6.45, 7) is 3.66. The molecule has 16 heavy (non-hydrogen) atoms. The normalized spacial score (nSPS) is 20.6. The summed E-state index contributed by atoms with van der Waals surface area (Å²) in [4.78, 5) is 11.5. The van der Waals surface area contributed by atoms with Crippen LogP contribution in [0.5, 0.6) is 0 Å². The van der Waals surface area contributed by atoms with Crippen molar-refractivity contribution >= 4 is 5.91 Å². The molecule has 1 fully saturated rings. The number of carbonyl (C=O) groups is 1. The SMILES string of the molecule is Cc1ccc(CNC2CCCNC2=O)cc1. The summed E-state index contributed by atoms with van der Waals surface area (Å²) >= 11 is 0. The number of rotatable bonds is 3. The molecule has 1 atom stereocenters. The molecule has 2 N–H and O–H groups in total. The molecule has 1 aliphatic rings. The first-order chi connectivity index (χ1) is 7.75. The zero-order chi connectivity index (χ0) is 11.4. The average Bonchev–Trinajstić information content (AvgIpc) is 2.30. The van der Waals surface area contributed by atoms with Crippen LogP contribution >= 0.6 is 0 Å². The second-order valence-corrected chi connectivity index (χ2v) is 4.35. The minimum Gasteiger partial charge on any atom is -0.355 e. The molecule has 0 saturated carbocycles. The lowest BCUT2D eigenvalue weighted by atomic mass is 10.1. The van der Waals surface area contributed by atoms with E-state index in [0.29, 0.717) is 0 Å². The fraction of sp³-hybridized carbons (Fsp3) is 0.462. The fourth-order valence-electron chi connectivity index (χ4n) is 1.91. The van der Waals surface area contributed by atoms with Crippen LogP contribution in [0, 0.1) is 6.92 Å². The molecule has 0 bridgehead atoms. The number of amides is 1. The van der Waals surface area contributed by atoms with Gasteiger partial charge in [-0.05, 0) is 25.3 Å². The van der Waals surface area contributed by atoms with Crippen LogP contribution in [0.3, 0.4) is 0 Å². The molecule has 1 heterocycles. The third kappa shape index (κ3) is 2.83. The van der Waals surface area contributed by atoms with Gasteiger partial charge in [0.2, 0.25) is 5.91 Å². The molecule has 2 rings (SSSR count). The van der Waals surface area contributed by atoms with Gasteiger partial charge < -0.3 is 10.6 Å². The first kappa shape index (κ1) is 11.1. The standard InChI is InChI=1S/C13H18N2O/c1-10-4-6-11(7-5-10)9-15-12-3-2-8-14-13(12)16/h4-7,12,15H,2-3,8-9H2,1H3,(H,14,16). The molecule has 1 aromatic carbocycles. The van der Waals surface area contributed by atoms with E-state index in [1.165, 1.54) is 11.1 Å². The van der Waals surface area contributed by atoms with Gasteiger partial charge >= 0.3 is 0 Å². The van der Waals surface area contributed by atoms with Crippen LogP contribution in [0.15, 0.2) is 24.3 Å². The van der Waals surface area contributed by atoms with Gasteiger partial charge in [-0.1, -0.05) is 29.8 Å². The van der Waals surface area contributed by atoms with Crippen molar-refractivity contribution in [2.45, 2.75) is 32.4 Å². The Balaban J connectivity index is 1.86. The largest absolute Gasteiger partial charge is 0.355 e. The highest BCUT2D eigenvalue weighted by molar-refractivity contribution is 5.82.